The molecule has 112 valence electrons. The van der Waals surface area contributed by atoms with Crippen molar-refractivity contribution < 1.29 is 18.3 Å². The van der Waals surface area contributed by atoms with E-state index in [1.165, 1.54) is 24.7 Å². The number of anilines is 1. The quantitative estimate of drug-likeness (QED) is 0.771. The largest absolute Gasteiger partial charge is 0.478 e. The van der Waals surface area contributed by atoms with Gasteiger partial charge in [-0.2, -0.15) is 0 Å². The van der Waals surface area contributed by atoms with E-state index in [4.69, 9.17) is 5.11 Å². The van der Waals surface area contributed by atoms with E-state index in [-0.39, 0.29) is 11.3 Å². The van der Waals surface area contributed by atoms with Gasteiger partial charge in [0.2, 0.25) is 0 Å². The molecular formula is C13H15N3O4S. The highest BCUT2D eigenvalue weighted by Gasteiger charge is 2.08. The third-order valence-corrected chi connectivity index (χ3v) is 3.90. The highest BCUT2D eigenvalue weighted by Crippen LogP contribution is 2.20. The Bertz CT molecular complexity index is 774. The number of hydrogen-bond donors (Lipinski definition) is 2. The number of benzene rings is 1. The van der Waals surface area contributed by atoms with Gasteiger partial charge in [-0.05, 0) is 24.6 Å². The number of sulfone groups is 1. The second kappa shape index (κ2) is 6.04. The van der Waals surface area contributed by atoms with Crippen molar-refractivity contribution in [1.29, 1.82) is 0 Å². The smallest absolute Gasteiger partial charge is 0.335 e. The molecule has 0 bridgehead atoms. The van der Waals surface area contributed by atoms with Gasteiger partial charge in [-0.3, -0.25) is 0 Å². The zero-order chi connectivity index (χ0) is 15.5. The maximum atomic E-state index is 11.0. The van der Waals surface area contributed by atoms with E-state index in [1.807, 2.05) is 0 Å². The molecule has 1 aromatic carbocycles. The number of carboxylic acid groups (broad SMARTS) is 1. The Morgan fingerprint density at radius 3 is 2.76 bits per heavy atom. The van der Waals surface area contributed by atoms with Gasteiger partial charge >= 0.3 is 5.97 Å². The van der Waals surface area contributed by atoms with Crippen molar-refractivity contribution in [3.8, 4) is 0 Å². The van der Waals surface area contributed by atoms with Crippen LogP contribution in [0.15, 0.2) is 24.5 Å². The molecule has 0 saturated carbocycles. The molecule has 0 fully saturated rings. The SMILES string of the molecule is CS(=O)(=O)CCCNc1ncnc2cc(C(=O)O)ccc12. The summed E-state index contributed by atoms with van der Waals surface area (Å²) in [5, 5.41) is 12.7. The summed E-state index contributed by atoms with van der Waals surface area (Å²) in [6.07, 6.45) is 3.00. The summed E-state index contributed by atoms with van der Waals surface area (Å²) in [7, 11) is -2.97. The Morgan fingerprint density at radius 1 is 1.33 bits per heavy atom. The van der Waals surface area contributed by atoms with Gasteiger partial charge < -0.3 is 10.4 Å². The molecule has 2 aromatic rings. The number of aromatic carboxylic acids is 1. The lowest BCUT2D eigenvalue weighted by atomic mass is 10.1. The fourth-order valence-electron chi connectivity index (χ4n) is 1.87. The number of aromatic nitrogens is 2. The van der Waals surface area contributed by atoms with Crippen LogP contribution in [0.1, 0.15) is 16.8 Å². The summed E-state index contributed by atoms with van der Waals surface area (Å²) in [5.41, 5.74) is 0.680. The van der Waals surface area contributed by atoms with Gasteiger partial charge in [-0.1, -0.05) is 0 Å². The molecule has 2 rings (SSSR count). The van der Waals surface area contributed by atoms with E-state index in [2.05, 4.69) is 15.3 Å². The van der Waals surface area contributed by atoms with Crippen molar-refractivity contribution in [2.45, 2.75) is 6.42 Å². The van der Waals surface area contributed by atoms with Gasteiger partial charge in [0.1, 0.15) is 22.0 Å². The molecule has 0 saturated heterocycles. The van der Waals surface area contributed by atoms with Gasteiger partial charge in [-0.15, -0.1) is 0 Å². The lowest BCUT2D eigenvalue weighted by Gasteiger charge is -2.08. The van der Waals surface area contributed by atoms with E-state index < -0.39 is 15.8 Å². The Balaban J connectivity index is 2.15. The molecule has 0 spiro atoms. The first-order valence-corrected chi connectivity index (χ1v) is 8.32. The standard InChI is InChI=1S/C13H15N3O4S/c1-21(19,20)6-2-5-14-12-10-4-3-9(13(17)18)7-11(10)15-8-16-12/h3-4,7-8H,2,5-6H2,1H3,(H,17,18)(H,14,15,16). The molecule has 21 heavy (non-hydrogen) atoms. The zero-order valence-electron chi connectivity index (χ0n) is 11.4. The number of carboxylic acids is 1. The van der Waals surface area contributed by atoms with Gasteiger partial charge in [0.25, 0.3) is 0 Å². The molecule has 8 heteroatoms. The molecule has 0 aliphatic heterocycles. The second-order valence-electron chi connectivity index (χ2n) is 4.67. The Kier molecular flexibility index (Phi) is 4.37. The Morgan fingerprint density at radius 2 is 2.10 bits per heavy atom. The number of nitrogens with one attached hydrogen (secondary N) is 1. The maximum absolute atomic E-state index is 11.0. The van der Waals surface area contributed by atoms with Gasteiger partial charge in [0.05, 0.1) is 16.8 Å². The van der Waals surface area contributed by atoms with Crippen LogP contribution >= 0.6 is 0 Å². The predicted octanol–water partition coefficient (Wildman–Crippen LogP) is 1.17. The van der Waals surface area contributed by atoms with Crippen molar-refractivity contribution in [3.05, 3.63) is 30.1 Å². The molecule has 1 aromatic heterocycles. The van der Waals surface area contributed by atoms with Crippen LogP contribution < -0.4 is 5.32 Å². The number of rotatable bonds is 6. The van der Waals surface area contributed by atoms with Gasteiger partial charge in [0, 0.05) is 18.2 Å². The van der Waals surface area contributed by atoms with Crippen LogP contribution in [-0.4, -0.2) is 48.0 Å². The third kappa shape index (κ3) is 4.12. The first-order chi connectivity index (χ1) is 9.87. The van der Waals surface area contributed by atoms with E-state index in [9.17, 15) is 13.2 Å². The Hall–Kier alpha value is -2.22. The first-order valence-electron chi connectivity index (χ1n) is 6.26. The Labute approximate surface area is 122 Å². The van der Waals surface area contributed by atoms with E-state index in [0.29, 0.717) is 29.7 Å². The third-order valence-electron chi connectivity index (χ3n) is 2.87. The van der Waals surface area contributed by atoms with Crippen LogP contribution in [0.2, 0.25) is 0 Å². The fourth-order valence-corrected chi connectivity index (χ4v) is 2.54. The normalized spacial score (nSPS) is 11.5. The summed E-state index contributed by atoms with van der Waals surface area (Å²) in [6.45, 7) is 0.458. The molecule has 0 unspecified atom stereocenters. The average Bonchev–Trinajstić information content (AvgIpc) is 2.42. The van der Waals surface area contributed by atoms with Crippen LogP contribution in [0.3, 0.4) is 0 Å². The maximum Gasteiger partial charge on any atom is 0.335 e. The summed E-state index contributed by atoms with van der Waals surface area (Å²) >= 11 is 0. The minimum Gasteiger partial charge on any atom is -0.478 e. The molecular weight excluding hydrogens is 294 g/mol. The summed E-state index contributed by atoms with van der Waals surface area (Å²) in [5.74, 6) is -0.352. The molecule has 0 atom stereocenters. The van der Waals surface area contributed by atoms with Crippen LogP contribution in [0.4, 0.5) is 5.82 Å². The highest BCUT2D eigenvalue weighted by molar-refractivity contribution is 7.90. The summed E-state index contributed by atoms with van der Waals surface area (Å²) in [6, 6.07) is 4.59. The molecule has 1 heterocycles. The predicted molar refractivity (Wildman–Crippen MR) is 79.3 cm³/mol. The first kappa shape index (κ1) is 15.2. The van der Waals surface area contributed by atoms with Crippen LogP contribution in [0.25, 0.3) is 10.9 Å². The minimum absolute atomic E-state index is 0.103. The number of fused-ring (bicyclic) bond motifs is 1. The monoisotopic (exact) mass is 309 g/mol. The van der Waals surface area contributed by atoms with E-state index in [1.54, 1.807) is 6.07 Å². The molecule has 0 amide bonds. The highest BCUT2D eigenvalue weighted by atomic mass is 32.2. The summed E-state index contributed by atoms with van der Waals surface area (Å²) < 4.78 is 22.1. The van der Waals surface area contributed by atoms with Crippen molar-refractivity contribution in [1.82, 2.24) is 9.97 Å². The lowest BCUT2D eigenvalue weighted by molar-refractivity contribution is 0.0697. The van der Waals surface area contributed by atoms with Crippen LogP contribution in [-0.2, 0) is 9.84 Å². The van der Waals surface area contributed by atoms with Gasteiger partial charge in [-0.25, -0.2) is 23.2 Å². The van der Waals surface area contributed by atoms with Crippen molar-refractivity contribution >= 4 is 32.5 Å². The molecule has 7 nitrogen and oxygen atoms in total. The van der Waals surface area contributed by atoms with Crippen LogP contribution in [0.5, 0.6) is 0 Å². The topological polar surface area (TPSA) is 109 Å². The molecule has 0 aliphatic carbocycles. The minimum atomic E-state index is -2.97. The second-order valence-corrected chi connectivity index (χ2v) is 6.93. The molecule has 0 aliphatic rings. The van der Waals surface area contributed by atoms with Crippen LogP contribution in [0, 0.1) is 0 Å². The number of carbonyl (C=O) groups is 1. The van der Waals surface area contributed by atoms with Gasteiger partial charge in [0.15, 0.2) is 0 Å². The lowest BCUT2D eigenvalue weighted by Crippen LogP contribution is -2.10. The van der Waals surface area contributed by atoms with E-state index in [0.717, 1.165) is 0 Å². The van der Waals surface area contributed by atoms with Crippen molar-refractivity contribution in [2.75, 3.05) is 23.9 Å². The van der Waals surface area contributed by atoms with E-state index >= 15 is 0 Å². The van der Waals surface area contributed by atoms with Crippen molar-refractivity contribution in [3.63, 3.8) is 0 Å². The average molecular weight is 309 g/mol. The fraction of sp³-hybridized carbons (Fsp3) is 0.308. The van der Waals surface area contributed by atoms with Crippen molar-refractivity contribution in [2.24, 2.45) is 0 Å². The summed E-state index contributed by atoms with van der Waals surface area (Å²) in [4.78, 5) is 19.1. The molecule has 0 radical (unpaired) electrons. The molecule has 2 N–H and O–H groups in total. The number of nitrogens with zero attached hydrogens (tertiary/aromatic N) is 2. The number of hydrogen-bond acceptors (Lipinski definition) is 6. The zero-order valence-corrected chi connectivity index (χ0v) is 12.2.